The van der Waals surface area contributed by atoms with Crippen molar-refractivity contribution in [3.05, 3.63) is 51.6 Å². The van der Waals surface area contributed by atoms with Gasteiger partial charge < -0.3 is 48.8 Å². The molecule has 8 atom stereocenters. The summed E-state index contributed by atoms with van der Waals surface area (Å²) in [4.78, 5) is 47.0. The van der Waals surface area contributed by atoms with Gasteiger partial charge >= 0.3 is 0 Å². The Labute approximate surface area is 300 Å². The maximum absolute atomic E-state index is 14.1. The van der Waals surface area contributed by atoms with Gasteiger partial charge in [0.05, 0.1) is 61.5 Å². The van der Waals surface area contributed by atoms with E-state index in [1.807, 2.05) is 6.92 Å². The molecule has 280 valence electrons. The summed E-state index contributed by atoms with van der Waals surface area (Å²) in [5, 5.41) is 46.6. The summed E-state index contributed by atoms with van der Waals surface area (Å²) in [6.07, 6.45) is -4.50. The molecule has 2 aromatic rings. The normalized spacial score (nSPS) is 31.5. The molecule has 3 saturated heterocycles. The number of ether oxygens (including phenoxy) is 6. The standard InChI is InChI=1S/C37H44N2O13/c1-16(2)21(41)14-38-24(15-40)37(46)12-19-27(33(45)29-28(31(19)43)30(42)18-7-6-8-22(47-4)26(18)32(29)44)23(13-37)51-25-11-20-34(17(3)50-25)52-35-36(48-5)49-10-9-39(20)35/h6-8,16-17,20,23,25,34-36,40,43,45-46H,9-15H2,1-5H3/b38-24+/t17-,20-,23-,25-,34+,35+,36-,37-/m0/s1. The van der Waals surface area contributed by atoms with Crippen LogP contribution >= 0.6 is 0 Å². The van der Waals surface area contributed by atoms with E-state index in [0.717, 1.165) is 0 Å². The summed E-state index contributed by atoms with van der Waals surface area (Å²) in [5.74, 6) is -3.13. The number of carbonyl (C=O) groups excluding carboxylic acids is 3. The number of nitrogens with zero attached hydrogens (tertiary/aromatic N) is 2. The second-order valence-corrected chi connectivity index (χ2v) is 14.2. The van der Waals surface area contributed by atoms with Gasteiger partial charge in [0.2, 0.25) is 5.78 Å². The fraction of sp³-hybridized carbons (Fsp3) is 0.568. The number of hydrogen-bond acceptors (Lipinski definition) is 15. The molecular weight excluding hydrogens is 680 g/mol. The maximum atomic E-state index is 14.1. The molecule has 2 aromatic carbocycles. The van der Waals surface area contributed by atoms with E-state index in [-0.39, 0.29) is 70.5 Å². The summed E-state index contributed by atoms with van der Waals surface area (Å²) < 4.78 is 35.9. The third-order valence-corrected chi connectivity index (χ3v) is 10.9. The van der Waals surface area contributed by atoms with E-state index in [0.29, 0.717) is 19.6 Å². The first-order chi connectivity index (χ1) is 24.8. The summed E-state index contributed by atoms with van der Waals surface area (Å²) in [7, 11) is 2.90. The number of rotatable bonds is 9. The minimum Gasteiger partial charge on any atom is -0.507 e. The van der Waals surface area contributed by atoms with E-state index < -0.39 is 83.8 Å². The zero-order chi connectivity index (χ0) is 37.2. The number of methoxy groups -OCH3 is 2. The number of ketones is 3. The Hall–Kier alpha value is -3.80. The maximum Gasteiger partial charge on any atom is 0.202 e. The van der Waals surface area contributed by atoms with Crippen LogP contribution in [0, 0.1) is 5.92 Å². The van der Waals surface area contributed by atoms with Crippen LogP contribution in [-0.2, 0) is 34.9 Å². The number of benzene rings is 2. The fourth-order valence-corrected chi connectivity index (χ4v) is 8.25. The first kappa shape index (κ1) is 36.6. The minimum absolute atomic E-state index is 0.0132. The Morgan fingerprint density at radius 1 is 1.10 bits per heavy atom. The molecule has 2 aliphatic carbocycles. The van der Waals surface area contributed by atoms with Gasteiger partial charge in [-0.3, -0.25) is 24.3 Å². The monoisotopic (exact) mass is 724 g/mol. The Morgan fingerprint density at radius 2 is 1.85 bits per heavy atom. The molecule has 3 aliphatic heterocycles. The van der Waals surface area contributed by atoms with Crippen molar-refractivity contribution >= 4 is 23.1 Å². The van der Waals surface area contributed by atoms with Crippen molar-refractivity contribution in [2.45, 2.75) is 88.8 Å². The average Bonchev–Trinajstić information content (AvgIpc) is 3.51. The lowest BCUT2D eigenvalue weighted by Gasteiger charge is -2.44. The highest BCUT2D eigenvalue weighted by atomic mass is 16.7. The van der Waals surface area contributed by atoms with E-state index in [1.54, 1.807) is 21.0 Å². The number of aromatic hydroxyl groups is 2. The average molecular weight is 725 g/mol. The Kier molecular flexibility index (Phi) is 9.76. The van der Waals surface area contributed by atoms with Gasteiger partial charge in [0.1, 0.15) is 29.0 Å². The highest BCUT2D eigenvalue weighted by molar-refractivity contribution is 6.31. The summed E-state index contributed by atoms with van der Waals surface area (Å²) in [6.45, 7) is 5.22. The molecule has 0 radical (unpaired) electrons. The summed E-state index contributed by atoms with van der Waals surface area (Å²) in [5.41, 5.74) is -3.16. The number of carbonyl (C=O) groups is 3. The zero-order valence-electron chi connectivity index (χ0n) is 29.7. The number of fused-ring (bicyclic) bond motifs is 6. The van der Waals surface area contributed by atoms with Gasteiger partial charge in [0, 0.05) is 61.6 Å². The number of hydrogen-bond donors (Lipinski definition) is 4. The molecule has 0 spiro atoms. The van der Waals surface area contributed by atoms with Crippen LogP contribution in [0.1, 0.15) is 82.7 Å². The van der Waals surface area contributed by atoms with Gasteiger partial charge in [0.25, 0.3) is 0 Å². The molecule has 3 fully saturated rings. The van der Waals surface area contributed by atoms with E-state index in [1.165, 1.54) is 25.3 Å². The fourth-order valence-electron chi connectivity index (χ4n) is 8.25. The molecule has 3 heterocycles. The molecule has 52 heavy (non-hydrogen) atoms. The number of morpholine rings is 1. The molecule has 0 bridgehead atoms. The second kappa shape index (κ2) is 13.9. The summed E-state index contributed by atoms with van der Waals surface area (Å²) in [6, 6.07) is 4.31. The van der Waals surface area contributed by atoms with Gasteiger partial charge in [-0.15, -0.1) is 0 Å². The molecular formula is C37H44N2O13. The molecule has 0 amide bonds. The van der Waals surface area contributed by atoms with Crippen molar-refractivity contribution in [1.82, 2.24) is 4.90 Å². The molecule has 0 aromatic heterocycles. The van der Waals surface area contributed by atoms with Crippen molar-refractivity contribution in [3.63, 3.8) is 0 Å². The van der Waals surface area contributed by atoms with Crippen molar-refractivity contribution in [1.29, 1.82) is 0 Å². The SMILES string of the molecule is COc1cccc2c1C(=O)c1c(O)c3c(c(O)c1C2=O)C[C@@](O)(/C(CO)=N/CC(=O)C(C)C)C[C@@H]3O[C@H]1C[C@H]2[C@H](O[C@@H]3[C@@H](OC)OCCN32)[C@H](C)O1. The molecule has 0 saturated carbocycles. The minimum atomic E-state index is -2.01. The lowest BCUT2D eigenvalue weighted by molar-refractivity contribution is -0.255. The Bertz CT molecular complexity index is 1830. The molecule has 15 nitrogen and oxygen atoms in total. The first-order valence-electron chi connectivity index (χ1n) is 17.5. The first-order valence-corrected chi connectivity index (χ1v) is 17.5. The van der Waals surface area contributed by atoms with Gasteiger partial charge in [-0.05, 0) is 13.0 Å². The number of aliphatic imine (C=N–C) groups is 1. The molecule has 0 unspecified atom stereocenters. The van der Waals surface area contributed by atoms with E-state index >= 15 is 0 Å². The number of aliphatic hydroxyl groups excluding tert-OH is 1. The third kappa shape index (κ3) is 5.83. The van der Waals surface area contributed by atoms with Crippen molar-refractivity contribution < 1.29 is 63.2 Å². The summed E-state index contributed by atoms with van der Waals surface area (Å²) >= 11 is 0. The van der Waals surface area contributed by atoms with Crippen LogP contribution in [0.15, 0.2) is 23.2 Å². The largest absolute Gasteiger partial charge is 0.507 e. The number of Topliss-reactive ketones (excluding diaryl/α,β-unsaturated/α-hetero) is 1. The molecule has 15 heteroatoms. The lowest BCUT2D eigenvalue weighted by Crippen LogP contribution is -2.55. The molecule has 7 rings (SSSR count). The van der Waals surface area contributed by atoms with E-state index in [9.17, 15) is 34.8 Å². The van der Waals surface area contributed by atoms with Crippen molar-refractivity contribution in [3.8, 4) is 17.2 Å². The predicted molar refractivity (Wildman–Crippen MR) is 181 cm³/mol. The highest BCUT2D eigenvalue weighted by Crippen LogP contribution is 2.53. The Balaban J connectivity index is 1.31. The van der Waals surface area contributed by atoms with Gasteiger partial charge in [-0.25, -0.2) is 0 Å². The smallest absolute Gasteiger partial charge is 0.202 e. The number of phenols is 2. The van der Waals surface area contributed by atoms with E-state index in [2.05, 4.69) is 9.89 Å². The third-order valence-electron chi connectivity index (χ3n) is 10.9. The lowest BCUT2D eigenvalue weighted by atomic mass is 9.71. The van der Waals surface area contributed by atoms with Crippen LogP contribution in [0.3, 0.4) is 0 Å². The van der Waals surface area contributed by atoms with E-state index in [4.69, 9.17) is 28.4 Å². The van der Waals surface area contributed by atoms with Gasteiger partial charge in [-0.2, -0.15) is 0 Å². The van der Waals surface area contributed by atoms with Crippen molar-refractivity contribution in [2.75, 3.05) is 40.5 Å². The van der Waals surface area contributed by atoms with Crippen molar-refractivity contribution in [2.24, 2.45) is 10.9 Å². The van der Waals surface area contributed by atoms with Crippen LogP contribution in [0.5, 0.6) is 17.2 Å². The Morgan fingerprint density at radius 3 is 2.54 bits per heavy atom. The van der Waals surface area contributed by atoms with Crippen LogP contribution in [0.25, 0.3) is 0 Å². The number of phenolic OH excluding ortho intramolecular Hbond substituents is 2. The number of aliphatic hydroxyl groups is 2. The second-order valence-electron chi connectivity index (χ2n) is 14.2. The quantitative estimate of drug-likeness (QED) is 0.184. The molecule has 4 N–H and O–H groups in total. The van der Waals surface area contributed by atoms with Crippen LogP contribution < -0.4 is 4.74 Å². The highest BCUT2D eigenvalue weighted by Gasteiger charge is 2.55. The predicted octanol–water partition coefficient (Wildman–Crippen LogP) is 1.81. The van der Waals surface area contributed by atoms with Crippen LogP contribution in [0.4, 0.5) is 0 Å². The topological polar surface area (TPSA) is 203 Å². The molecule has 5 aliphatic rings. The van der Waals surface area contributed by atoms with Crippen LogP contribution in [-0.4, -0.2) is 132 Å². The zero-order valence-corrected chi connectivity index (χ0v) is 29.7. The van der Waals surface area contributed by atoms with Gasteiger partial charge in [-0.1, -0.05) is 26.0 Å². The van der Waals surface area contributed by atoms with Gasteiger partial charge in [0.15, 0.2) is 30.4 Å². The van der Waals surface area contributed by atoms with Crippen LogP contribution in [0.2, 0.25) is 0 Å².